The Morgan fingerprint density at radius 3 is 2.23 bits per heavy atom. The molecule has 1 heterocycles. The summed E-state index contributed by atoms with van der Waals surface area (Å²) in [6.07, 6.45) is 0.642. The summed E-state index contributed by atoms with van der Waals surface area (Å²) in [5.41, 5.74) is 1.84. The fourth-order valence-electron chi connectivity index (χ4n) is 3.64. The van der Waals surface area contributed by atoms with Crippen LogP contribution >= 0.6 is 0 Å². The van der Waals surface area contributed by atoms with Gasteiger partial charge in [0.2, 0.25) is 5.91 Å². The van der Waals surface area contributed by atoms with Gasteiger partial charge in [-0.15, -0.1) is 0 Å². The maximum Gasteiger partial charge on any atom is 0.255 e. The van der Waals surface area contributed by atoms with Crippen LogP contribution in [0, 0.1) is 11.8 Å². The van der Waals surface area contributed by atoms with E-state index >= 15 is 0 Å². The van der Waals surface area contributed by atoms with Gasteiger partial charge in [-0.05, 0) is 49.2 Å². The van der Waals surface area contributed by atoms with E-state index in [9.17, 15) is 14.7 Å². The Kier molecular flexibility index (Phi) is 5.38. The molecule has 0 saturated carbocycles. The lowest BCUT2D eigenvalue weighted by atomic mass is 9.90. The Morgan fingerprint density at radius 1 is 1.04 bits per heavy atom. The number of hydrogen-bond acceptors (Lipinski definition) is 3. The molecule has 0 spiro atoms. The summed E-state index contributed by atoms with van der Waals surface area (Å²) < 4.78 is 0. The van der Waals surface area contributed by atoms with Gasteiger partial charge in [0.25, 0.3) is 5.91 Å². The van der Waals surface area contributed by atoms with Crippen LogP contribution < -0.4 is 10.2 Å². The molecule has 1 aliphatic heterocycles. The van der Waals surface area contributed by atoms with Gasteiger partial charge in [-0.2, -0.15) is 0 Å². The molecular weight excluding hydrogens is 328 g/mol. The van der Waals surface area contributed by atoms with Crippen LogP contribution in [0.25, 0.3) is 0 Å². The number of hydrogen-bond donors (Lipinski definition) is 2. The molecule has 2 aromatic rings. The molecule has 0 bridgehead atoms. The lowest BCUT2D eigenvalue weighted by molar-refractivity contribution is -0.121. The summed E-state index contributed by atoms with van der Waals surface area (Å²) in [6.45, 7) is 3.96. The second-order valence-electron chi connectivity index (χ2n) is 6.58. The second-order valence-corrected chi connectivity index (χ2v) is 6.58. The maximum absolute atomic E-state index is 12.7. The molecule has 3 unspecified atom stereocenters. The van der Waals surface area contributed by atoms with Crippen LogP contribution in [0.2, 0.25) is 0 Å². The van der Waals surface area contributed by atoms with E-state index in [1.807, 2.05) is 44.2 Å². The highest BCUT2D eigenvalue weighted by molar-refractivity contribution is 6.05. The Morgan fingerprint density at radius 2 is 1.69 bits per heavy atom. The quantitative estimate of drug-likeness (QED) is 0.863. The lowest BCUT2D eigenvalue weighted by Crippen LogP contribution is -2.35. The van der Waals surface area contributed by atoms with Gasteiger partial charge in [-0.1, -0.05) is 32.0 Å². The molecule has 1 aliphatic rings. The number of para-hydroxylation sites is 1. The highest BCUT2D eigenvalue weighted by Crippen LogP contribution is 2.37. The van der Waals surface area contributed by atoms with Crippen molar-refractivity contribution in [1.82, 2.24) is 0 Å². The van der Waals surface area contributed by atoms with E-state index in [1.54, 1.807) is 24.3 Å². The normalized spacial score (nSPS) is 22.5. The predicted molar refractivity (Wildman–Crippen MR) is 102 cm³/mol. The highest BCUT2D eigenvalue weighted by Gasteiger charge is 2.45. The number of aliphatic hydroxyl groups is 1. The molecule has 136 valence electrons. The van der Waals surface area contributed by atoms with Crippen molar-refractivity contribution in [3.63, 3.8) is 0 Å². The number of rotatable bonds is 5. The van der Waals surface area contributed by atoms with Crippen molar-refractivity contribution in [3.05, 3.63) is 60.2 Å². The number of nitrogens with one attached hydrogen (secondary N) is 1. The van der Waals surface area contributed by atoms with Crippen molar-refractivity contribution in [2.75, 3.05) is 10.2 Å². The summed E-state index contributed by atoms with van der Waals surface area (Å²) in [5.74, 6) is -0.480. The first-order chi connectivity index (χ1) is 12.6. The van der Waals surface area contributed by atoms with Gasteiger partial charge < -0.3 is 10.4 Å². The van der Waals surface area contributed by atoms with Gasteiger partial charge in [-0.3, -0.25) is 14.5 Å². The van der Waals surface area contributed by atoms with E-state index in [0.717, 1.165) is 12.1 Å². The predicted octanol–water partition coefficient (Wildman–Crippen LogP) is 3.66. The Bertz CT molecular complexity index is 774. The minimum Gasteiger partial charge on any atom is -0.373 e. The van der Waals surface area contributed by atoms with Gasteiger partial charge in [0.15, 0.2) is 0 Å². The largest absolute Gasteiger partial charge is 0.373 e. The third-order valence-electron chi connectivity index (χ3n) is 5.07. The second kappa shape index (κ2) is 7.70. The summed E-state index contributed by atoms with van der Waals surface area (Å²) in [4.78, 5) is 26.5. The van der Waals surface area contributed by atoms with Crippen LogP contribution in [0.5, 0.6) is 0 Å². The molecule has 3 rings (SSSR count). The lowest BCUT2D eigenvalue weighted by Gasteiger charge is -2.23. The van der Waals surface area contributed by atoms with Crippen LogP contribution in [0.4, 0.5) is 11.4 Å². The molecule has 0 aliphatic carbocycles. The zero-order chi connectivity index (χ0) is 18.7. The van der Waals surface area contributed by atoms with E-state index < -0.39 is 6.23 Å². The van der Waals surface area contributed by atoms with Crippen molar-refractivity contribution in [3.8, 4) is 0 Å². The monoisotopic (exact) mass is 352 g/mol. The standard InChI is InChI=1S/C21H24N2O3/c1-3-17-18(4-2)21(26)23(20(17)25)16-12-10-14(11-13-16)19(24)22-15-8-6-5-7-9-15/h5-13,17-18,20,25H,3-4H2,1-2H3,(H,22,24). The third kappa shape index (κ3) is 3.35. The van der Waals surface area contributed by atoms with Crippen LogP contribution in [-0.4, -0.2) is 23.1 Å². The molecule has 0 aromatic heterocycles. The van der Waals surface area contributed by atoms with Crippen LogP contribution in [0.3, 0.4) is 0 Å². The number of aliphatic hydroxyl groups excluding tert-OH is 1. The molecule has 26 heavy (non-hydrogen) atoms. The zero-order valence-electron chi connectivity index (χ0n) is 15.1. The van der Waals surface area contributed by atoms with E-state index in [1.165, 1.54) is 4.90 Å². The fraction of sp³-hybridized carbons (Fsp3) is 0.333. The molecule has 2 amide bonds. The Balaban J connectivity index is 1.77. The minimum atomic E-state index is -0.818. The van der Waals surface area contributed by atoms with Crippen LogP contribution in [0.1, 0.15) is 37.0 Å². The van der Waals surface area contributed by atoms with Gasteiger partial charge in [-0.25, -0.2) is 0 Å². The molecule has 1 saturated heterocycles. The van der Waals surface area contributed by atoms with Crippen LogP contribution in [-0.2, 0) is 4.79 Å². The van der Waals surface area contributed by atoms with Crippen molar-refractivity contribution >= 4 is 23.2 Å². The maximum atomic E-state index is 12.7. The number of carbonyl (C=O) groups excluding carboxylic acids is 2. The van der Waals surface area contributed by atoms with E-state index in [2.05, 4.69) is 5.32 Å². The third-order valence-corrected chi connectivity index (χ3v) is 5.07. The first-order valence-corrected chi connectivity index (χ1v) is 9.04. The number of carbonyl (C=O) groups is 2. The molecule has 0 radical (unpaired) electrons. The molecule has 5 nitrogen and oxygen atoms in total. The average Bonchev–Trinajstić information content (AvgIpc) is 2.91. The SMILES string of the molecule is CCC1C(=O)N(c2ccc(C(=O)Nc3ccccc3)cc2)C(O)C1CC. The van der Waals surface area contributed by atoms with Gasteiger partial charge >= 0.3 is 0 Å². The van der Waals surface area contributed by atoms with Crippen LogP contribution in [0.15, 0.2) is 54.6 Å². The van der Waals surface area contributed by atoms with Gasteiger partial charge in [0.05, 0.1) is 0 Å². The Labute approximate surface area is 153 Å². The summed E-state index contributed by atoms with van der Waals surface area (Å²) >= 11 is 0. The first-order valence-electron chi connectivity index (χ1n) is 9.04. The fourth-order valence-corrected chi connectivity index (χ4v) is 3.64. The molecule has 5 heteroatoms. The van der Waals surface area contributed by atoms with Gasteiger partial charge in [0, 0.05) is 28.8 Å². The van der Waals surface area contributed by atoms with E-state index in [4.69, 9.17) is 0 Å². The number of anilines is 2. The van der Waals surface area contributed by atoms with Crippen molar-refractivity contribution < 1.29 is 14.7 Å². The summed E-state index contributed by atoms with van der Waals surface area (Å²) in [7, 11) is 0. The zero-order valence-corrected chi connectivity index (χ0v) is 15.1. The van der Waals surface area contributed by atoms with Crippen molar-refractivity contribution in [2.45, 2.75) is 32.9 Å². The Hall–Kier alpha value is -2.66. The summed E-state index contributed by atoms with van der Waals surface area (Å²) in [5, 5.41) is 13.4. The highest BCUT2D eigenvalue weighted by atomic mass is 16.3. The topological polar surface area (TPSA) is 69.6 Å². The minimum absolute atomic E-state index is 0.0478. The van der Waals surface area contributed by atoms with E-state index in [0.29, 0.717) is 17.7 Å². The molecule has 2 aromatic carbocycles. The molecule has 2 N–H and O–H groups in total. The van der Waals surface area contributed by atoms with Gasteiger partial charge in [0.1, 0.15) is 6.23 Å². The number of benzene rings is 2. The molecular formula is C21H24N2O3. The molecule has 3 atom stereocenters. The average molecular weight is 352 g/mol. The first kappa shape index (κ1) is 18.1. The van der Waals surface area contributed by atoms with E-state index in [-0.39, 0.29) is 23.7 Å². The van der Waals surface area contributed by atoms with Crippen molar-refractivity contribution in [1.29, 1.82) is 0 Å². The number of amides is 2. The molecule has 1 fully saturated rings. The smallest absolute Gasteiger partial charge is 0.255 e. The number of nitrogens with zero attached hydrogens (tertiary/aromatic N) is 1. The van der Waals surface area contributed by atoms with Crippen molar-refractivity contribution in [2.24, 2.45) is 11.8 Å². The summed E-state index contributed by atoms with van der Waals surface area (Å²) in [6, 6.07) is 16.0.